The van der Waals surface area contributed by atoms with Crippen molar-refractivity contribution in [2.75, 3.05) is 29.9 Å². The van der Waals surface area contributed by atoms with E-state index in [0.29, 0.717) is 29.0 Å². The molecule has 5 nitrogen and oxygen atoms in total. The summed E-state index contributed by atoms with van der Waals surface area (Å²) < 4.78 is 34.2. The second-order valence-electron chi connectivity index (χ2n) is 13.4. The van der Waals surface area contributed by atoms with Gasteiger partial charge in [0.2, 0.25) is 0 Å². The fourth-order valence-electron chi connectivity index (χ4n) is 7.13. The third kappa shape index (κ3) is 9.01. The number of nitrogens with one attached hydrogen (secondary N) is 1. The van der Waals surface area contributed by atoms with Crippen LogP contribution in [-0.4, -0.2) is 31.6 Å². The summed E-state index contributed by atoms with van der Waals surface area (Å²) in [5, 5.41) is 3.00. The van der Waals surface area contributed by atoms with Crippen LogP contribution in [-0.2, 0) is 15.5 Å². The van der Waals surface area contributed by atoms with E-state index in [0.717, 1.165) is 62.9 Å². The summed E-state index contributed by atoms with van der Waals surface area (Å²) in [6.07, 6.45) is 12.0. The van der Waals surface area contributed by atoms with Gasteiger partial charge in [-0.05, 0) is 91.5 Å². The molecule has 6 rings (SSSR count). The van der Waals surface area contributed by atoms with Crippen molar-refractivity contribution in [1.29, 1.82) is 0 Å². The summed E-state index contributed by atoms with van der Waals surface area (Å²) in [6.45, 7) is 3.50. The summed E-state index contributed by atoms with van der Waals surface area (Å²) in [5.41, 5.74) is 5.85. The molecule has 0 aromatic heterocycles. The van der Waals surface area contributed by atoms with Gasteiger partial charge >= 0.3 is 5.97 Å². The zero-order chi connectivity index (χ0) is 35.6. The van der Waals surface area contributed by atoms with Crippen LogP contribution in [0.2, 0.25) is 0 Å². The lowest BCUT2D eigenvalue weighted by Gasteiger charge is -2.36. The van der Waals surface area contributed by atoms with E-state index in [-0.39, 0.29) is 35.7 Å². The minimum atomic E-state index is -2.89. The molecule has 51 heavy (non-hydrogen) atoms. The molecule has 0 saturated carbocycles. The second-order valence-corrected chi connectivity index (χ2v) is 13.4. The SMILES string of the molecule is CCC(F)(F)c1ccc(-c2ccccc2C(=O)Nc2ccc(N3CCC(C(C(=O)OCCCC4=CCCC=C4)c4ccccc4)CC3)cc2)cc1. The second kappa shape index (κ2) is 16.8. The number of hydrogen-bond donors (Lipinski definition) is 1. The Hall–Kier alpha value is -5.04. The predicted molar refractivity (Wildman–Crippen MR) is 201 cm³/mol. The number of allylic oxidation sites excluding steroid dienone is 4. The number of benzene rings is 4. The van der Waals surface area contributed by atoms with Gasteiger partial charge in [-0.2, -0.15) is 0 Å². The van der Waals surface area contributed by atoms with Crippen molar-refractivity contribution in [2.45, 2.75) is 63.7 Å². The van der Waals surface area contributed by atoms with Crippen LogP contribution in [0, 0.1) is 5.92 Å². The highest BCUT2D eigenvalue weighted by atomic mass is 19.3. The molecule has 7 heteroatoms. The molecule has 1 unspecified atom stereocenters. The Kier molecular flexibility index (Phi) is 11.8. The molecule has 1 N–H and O–H groups in total. The van der Waals surface area contributed by atoms with Crippen molar-refractivity contribution in [1.82, 2.24) is 0 Å². The molecule has 1 atom stereocenters. The third-order valence-corrected chi connectivity index (χ3v) is 10.1. The normalized spacial score (nSPS) is 15.6. The van der Waals surface area contributed by atoms with E-state index in [4.69, 9.17) is 4.74 Å². The van der Waals surface area contributed by atoms with Gasteiger partial charge in [0.25, 0.3) is 11.8 Å². The molecule has 1 heterocycles. The van der Waals surface area contributed by atoms with Crippen LogP contribution in [0.4, 0.5) is 20.2 Å². The van der Waals surface area contributed by atoms with E-state index in [9.17, 15) is 18.4 Å². The molecule has 264 valence electrons. The lowest BCUT2D eigenvalue weighted by molar-refractivity contribution is -0.147. The van der Waals surface area contributed by atoms with Crippen molar-refractivity contribution >= 4 is 23.3 Å². The first-order valence-electron chi connectivity index (χ1n) is 18.1. The monoisotopic (exact) mass is 688 g/mol. The van der Waals surface area contributed by atoms with Crippen LogP contribution in [0.1, 0.15) is 79.3 Å². The van der Waals surface area contributed by atoms with Gasteiger partial charge in [-0.1, -0.05) is 104 Å². The zero-order valence-corrected chi connectivity index (χ0v) is 29.2. The number of carbonyl (C=O) groups is 2. The molecule has 0 spiro atoms. The van der Waals surface area contributed by atoms with Crippen LogP contribution >= 0.6 is 0 Å². The van der Waals surface area contributed by atoms with Gasteiger partial charge in [0.15, 0.2) is 0 Å². The molecule has 1 fully saturated rings. The van der Waals surface area contributed by atoms with E-state index in [1.165, 1.54) is 24.6 Å². The van der Waals surface area contributed by atoms with E-state index >= 15 is 0 Å². The lowest BCUT2D eigenvalue weighted by atomic mass is 9.80. The third-order valence-electron chi connectivity index (χ3n) is 10.1. The van der Waals surface area contributed by atoms with Crippen LogP contribution in [0.3, 0.4) is 0 Å². The smallest absolute Gasteiger partial charge is 0.313 e. The fourth-order valence-corrected chi connectivity index (χ4v) is 7.13. The van der Waals surface area contributed by atoms with Crippen molar-refractivity contribution < 1.29 is 23.1 Å². The number of halogens is 2. The fraction of sp³-hybridized carbons (Fsp3) is 0.318. The van der Waals surface area contributed by atoms with Crippen molar-refractivity contribution in [3.8, 4) is 11.1 Å². The summed E-state index contributed by atoms with van der Waals surface area (Å²) in [6, 6.07) is 31.2. The van der Waals surface area contributed by atoms with Crippen molar-refractivity contribution in [3.63, 3.8) is 0 Å². The van der Waals surface area contributed by atoms with E-state index < -0.39 is 5.92 Å². The lowest BCUT2D eigenvalue weighted by Crippen LogP contribution is -2.37. The quantitative estimate of drug-likeness (QED) is 0.112. The minimum Gasteiger partial charge on any atom is -0.465 e. The van der Waals surface area contributed by atoms with Crippen LogP contribution in [0.5, 0.6) is 0 Å². The van der Waals surface area contributed by atoms with Crippen molar-refractivity contribution in [2.24, 2.45) is 5.92 Å². The van der Waals surface area contributed by atoms with Gasteiger partial charge in [0, 0.05) is 42.0 Å². The number of nitrogens with zero attached hydrogens (tertiary/aromatic N) is 1. The molecule has 4 aromatic carbocycles. The standard InChI is InChI=1S/C44H46F2N2O3/c1-2-44(45,46)36-21-19-33(20-22-36)39-17-9-10-18-40(39)42(49)47-37-23-25-38(26-24-37)48-29-27-35(28-30-48)41(34-15-7-4-8-16-34)43(50)51-31-11-14-32-12-5-3-6-13-32/h4-5,7-10,12-13,15-26,35,41H,2-3,6,11,14,27-31H2,1H3,(H,47,49). The molecular formula is C44H46F2N2O3. The number of piperidine rings is 1. The number of anilines is 2. The number of alkyl halides is 2. The first kappa shape index (κ1) is 35.8. The highest BCUT2D eigenvalue weighted by molar-refractivity contribution is 6.08. The van der Waals surface area contributed by atoms with E-state index in [1.54, 1.807) is 24.3 Å². The molecular weight excluding hydrogens is 642 g/mol. The highest BCUT2D eigenvalue weighted by Gasteiger charge is 2.34. The van der Waals surface area contributed by atoms with Gasteiger partial charge in [-0.3, -0.25) is 9.59 Å². The number of ether oxygens (including phenoxy) is 1. The first-order valence-corrected chi connectivity index (χ1v) is 18.1. The minimum absolute atomic E-state index is 0.0367. The molecule has 1 amide bonds. The maximum Gasteiger partial charge on any atom is 0.313 e. The number of rotatable bonds is 13. The molecule has 2 aliphatic rings. The van der Waals surface area contributed by atoms with Gasteiger partial charge in [0.05, 0.1) is 12.5 Å². The van der Waals surface area contributed by atoms with Gasteiger partial charge < -0.3 is 15.0 Å². The van der Waals surface area contributed by atoms with Gasteiger partial charge in [-0.15, -0.1) is 0 Å². The highest BCUT2D eigenvalue weighted by Crippen LogP contribution is 2.36. The molecule has 1 saturated heterocycles. The Bertz CT molecular complexity index is 1830. The number of hydrogen-bond acceptors (Lipinski definition) is 4. The Morgan fingerprint density at radius 1 is 0.882 bits per heavy atom. The molecule has 4 aromatic rings. The van der Waals surface area contributed by atoms with Crippen LogP contribution in [0.25, 0.3) is 11.1 Å². The number of esters is 1. The van der Waals surface area contributed by atoms with Crippen LogP contribution < -0.4 is 10.2 Å². The Morgan fingerprint density at radius 2 is 1.59 bits per heavy atom. The number of carbonyl (C=O) groups excluding carboxylic acids is 2. The Labute approximate surface area is 300 Å². The Morgan fingerprint density at radius 3 is 2.27 bits per heavy atom. The van der Waals surface area contributed by atoms with E-state index in [1.807, 2.05) is 66.7 Å². The zero-order valence-electron chi connectivity index (χ0n) is 29.2. The topological polar surface area (TPSA) is 58.6 Å². The Balaban J connectivity index is 1.05. The van der Waals surface area contributed by atoms with Crippen molar-refractivity contribution in [3.05, 3.63) is 144 Å². The average molecular weight is 689 g/mol. The maximum atomic E-state index is 14.2. The first-order chi connectivity index (χ1) is 24.8. The molecule has 0 radical (unpaired) electrons. The van der Waals surface area contributed by atoms with E-state index in [2.05, 4.69) is 28.4 Å². The maximum absolute atomic E-state index is 14.2. The van der Waals surface area contributed by atoms with Gasteiger partial charge in [0.1, 0.15) is 0 Å². The van der Waals surface area contributed by atoms with Crippen LogP contribution in [0.15, 0.2) is 127 Å². The molecule has 0 bridgehead atoms. The summed E-state index contributed by atoms with van der Waals surface area (Å²) in [4.78, 5) is 29.2. The summed E-state index contributed by atoms with van der Waals surface area (Å²) in [5.74, 6) is -3.41. The summed E-state index contributed by atoms with van der Waals surface area (Å²) in [7, 11) is 0. The number of amides is 1. The molecule has 1 aliphatic carbocycles. The van der Waals surface area contributed by atoms with Gasteiger partial charge in [-0.25, -0.2) is 8.78 Å². The molecule has 1 aliphatic heterocycles. The predicted octanol–water partition coefficient (Wildman–Crippen LogP) is 10.7. The summed E-state index contributed by atoms with van der Waals surface area (Å²) >= 11 is 0. The largest absolute Gasteiger partial charge is 0.465 e. The average Bonchev–Trinajstić information content (AvgIpc) is 3.18.